The molecular weight excluding hydrogens is 220 g/mol. The van der Waals surface area contributed by atoms with Gasteiger partial charge in [-0.2, -0.15) is 0 Å². The molecule has 0 radical (unpaired) electrons. The summed E-state index contributed by atoms with van der Waals surface area (Å²) >= 11 is 6.16. The van der Waals surface area contributed by atoms with E-state index < -0.39 is 0 Å². The number of hydrogen-bond donors (Lipinski definition) is 2. The van der Waals surface area contributed by atoms with Gasteiger partial charge in [0.25, 0.3) is 0 Å². The molecule has 1 aromatic rings. The van der Waals surface area contributed by atoms with Crippen molar-refractivity contribution in [2.75, 3.05) is 13.1 Å². The van der Waals surface area contributed by atoms with Gasteiger partial charge >= 0.3 is 0 Å². The average Bonchev–Trinajstić information content (AvgIpc) is 2.25. The molecule has 0 aliphatic heterocycles. The Hall–Kier alpha value is -0.570. The maximum atomic E-state index is 6.16. The Morgan fingerprint density at radius 2 is 2.12 bits per heavy atom. The van der Waals surface area contributed by atoms with E-state index in [0.29, 0.717) is 6.04 Å². The van der Waals surface area contributed by atoms with E-state index in [0.717, 1.165) is 30.2 Å². The number of rotatable bonds is 6. The Labute approximate surface area is 103 Å². The SMILES string of the molecule is CCNCC(C)NCc1ccc(C)cc1Cl. The normalized spacial score (nSPS) is 12.8. The molecule has 16 heavy (non-hydrogen) atoms. The van der Waals surface area contributed by atoms with Crippen LogP contribution in [0, 0.1) is 6.92 Å². The highest BCUT2D eigenvalue weighted by Gasteiger charge is 2.03. The molecule has 0 spiro atoms. The van der Waals surface area contributed by atoms with Crippen molar-refractivity contribution in [3.8, 4) is 0 Å². The minimum absolute atomic E-state index is 0.456. The second kappa shape index (κ2) is 6.89. The van der Waals surface area contributed by atoms with Gasteiger partial charge < -0.3 is 10.6 Å². The molecule has 1 aromatic carbocycles. The maximum Gasteiger partial charge on any atom is 0.0453 e. The highest BCUT2D eigenvalue weighted by Crippen LogP contribution is 2.17. The highest BCUT2D eigenvalue weighted by atomic mass is 35.5. The maximum absolute atomic E-state index is 6.16. The molecule has 1 atom stereocenters. The number of benzene rings is 1. The van der Waals surface area contributed by atoms with Gasteiger partial charge in [-0.05, 0) is 37.6 Å². The minimum Gasteiger partial charge on any atom is -0.315 e. The molecular formula is C13H21ClN2. The Bertz CT molecular complexity index is 326. The Morgan fingerprint density at radius 3 is 2.75 bits per heavy atom. The van der Waals surface area contributed by atoms with E-state index in [4.69, 9.17) is 11.6 Å². The molecule has 1 rings (SSSR count). The summed E-state index contributed by atoms with van der Waals surface area (Å²) < 4.78 is 0. The molecule has 1 unspecified atom stereocenters. The first-order valence-electron chi connectivity index (χ1n) is 5.82. The predicted molar refractivity (Wildman–Crippen MR) is 71.0 cm³/mol. The number of aryl methyl sites for hydroxylation is 1. The molecule has 2 N–H and O–H groups in total. The van der Waals surface area contributed by atoms with Crippen LogP contribution in [0.2, 0.25) is 5.02 Å². The first kappa shape index (κ1) is 13.5. The van der Waals surface area contributed by atoms with E-state index >= 15 is 0 Å². The third-order valence-electron chi connectivity index (χ3n) is 2.55. The van der Waals surface area contributed by atoms with Gasteiger partial charge in [0.2, 0.25) is 0 Å². The Kier molecular flexibility index (Phi) is 5.81. The van der Waals surface area contributed by atoms with Gasteiger partial charge in [-0.25, -0.2) is 0 Å². The molecule has 0 saturated carbocycles. The quantitative estimate of drug-likeness (QED) is 0.799. The molecule has 0 heterocycles. The van der Waals surface area contributed by atoms with Crippen LogP contribution in [0.15, 0.2) is 18.2 Å². The summed E-state index contributed by atoms with van der Waals surface area (Å²) in [5.74, 6) is 0. The van der Waals surface area contributed by atoms with Gasteiger partial charge in [-0.15, -0.1) is 0 Å². The predicted octanol–water partition coefficient (Wildman–Crippen LogP) is 2.74. The fourth-order valence-electron chi connectivity index (χ4n) is 1.51. The first-order valence-corrected chi connectivity index (χ1v) is 6.20. The Balaban J connectivity index is 2.42. The van der Waals surface area contributed by atoms with Gasteiger partial charge in [0, 0.05) is 24.2 Å². The van der Waals surface area contributed by atoms with Gasteiger partial charge in [-0.1, -0.05) is 30.7 Å². The lowest BCUT2D eigenvalue weighted by atomic mass is 10.1. The Morgan fingerprint density at radius 1 is 1.38 bits per heavy atom. The van der Waals surface area contributed by atoms with E-state index in [1.807, 2.05) is 6.07 Å². The number of hydrogen-bond acceptors (Lipinski definition) is 2. The van der Waals surface area contributed by atoms with Gasteiger partial charge in [0.05, 0.1) is 0 Å². The molecule has 0 aliphatic rings. The zero-order valence-electron chi connectivity index (χ0n) is 10.3. The molecule has 3 heteroatoms. The lowest BCUT2D eigenvalue weighted by molar-refractivity contribution is 0.509. The van der Waals surface area contributed by atoms with Crippen molar-refractivity contribution in [3.63, 3.8) is 0 Å². The second-order valence-corrected chi connectivity index (χ2v) is 4.59. The molecule has 90 valence electrons. The summed E-state index contributed by atoms with van der Waals surface area (Å²) in [4.78, 5) is 0. The minimum atomic E-state index is 0.456. The van der Waals surface area contributed by atoms with Gasteiger partial charge in [0.15, 0.2) is 0 Å². The molecule has 0 amide bonds. The largest absolute Gasteiger partial charge is 0.315 e. The van der Waals surface area contributed by atoms with Gasteiger partial charge in [-0.3, -0.25) is 0 Å². The van der Waals surface area contributed by atoms with E-state index in [1.54, 1.807) is 0 Å². The van der Waals surface area contributed by atoms with Crippen LogP contribution in [0.1, 0.15) is 25.0 Å². The third-order valence-corrected chi connectivity index (χ3v) is 2.90. The molecule has 0 bridgehead atoms. The number of nitrogens with one attached hydrogen (secondary N) is 2. The standard InChI is InChI=1S/C13H21ClN2/c1-4-15-8-11(3)16-9-12-6-5-10(2)7-13(12)14/h5-7,11,15-16H,4,8-9H2,1-3H3. The van der Waals surface area contributed by atoms with E-state index in [2.05, 4.69) is 43.5 Å². The lowest BCUT2D eigenvalue weighted by Crippen LogP contribution is -2.35. The summed E-state index contributed by atoms with van der Waals surface area (Å²) in [6, 6.07) is 6.65. The summed E-state index contributed by atoms with van der Waals surface area (Å²) in [6.45, 7) is 9.16. The van der Waals surface area contributed by atoms with Crippen LogP contribution < -0.4 is 10.6 Å². The van der Waals surface area contributed by atoms with Crippen molar-refractivity contribution in [1.82, 2.24) is 10.6 Å². The molecule has 0 fully saturated rings. The van der Waals surface area contributed by atoms with Crippen molar-refractivity contribution in [2.24, 2.45) is 0 Å². The van der Waals surface area contributed by atoms with Crippen LogP contribution in [-0.2, 0) is 6.54 Å². The monoisotopic (exact) mass is 240 g/mol. The lowest BCUT2D eigenvalue weighted by Gasteiger charge is -2.14. The molecule has 0 aliphatic carbocycles. The van der Waals surface area contributed by atoms with E-state index in [1.165, 1.54) is 5.56 Å². The van der Waals surface area contributed by atoms with Crippen LogP contribution in [0.4, 0.5) is 0 Å². The average molecular weight is 241 g/mol. The summed E-state index contributed by atoms with van der Waals surface area (Å²) in [7, 11) is 0. The highest BCUT2D eigenvalue weighted by molar-refractivity contribution is 6.31. The van der Waals surface area contributed by atoms with Crippen LogP contribution in [-0.4, -0.2) is 19.1 Å². The molecule has 2 nitrogen and oxygen atoms in total. The zero-order chi connectivity index (χ0) is 12.0. The summed E-state index contributed by atoms with van der Waals surface area (Å²) in [6.07, 6.45) is 0. The van der Waals surface area contributed by atoms with Crippen LogP contribution in [0.25, 0.3) is 0 Å². The van der Waals surface area contributed by atoms with Crippen LogP contribution in [0.5, 0.6) is 0 Å². The van der Waals surface area contributed by atoms with Crippen molar-refractivity contribution < 1.29 is 0 Å². The fourth-order valence-corrected chi connectivity index (χ4v) is 1.81. The summed E-state index contributed by atoms with van der Waals surface area (Å²) in [5.41, 5.74) is 2.37. The smallest absolute Gasteiger partial charge is 0.0453 e. The van der Waals surface area contributed by atoms with Crippen LogP contribution in [0.3, 0.4) is 0 Å². The summed E-state index contributed by atoms with van der Waals surface area (Å²) in [5, 5.41) is 7.61. The third kappa shape index (κ3) is 4.52. The number of likely N-dealkylation sites (N-methyl/N-ethyl adjacent to an activating group) is 1. The molecule has 0 aromatic heterocycles. The number of halogens is 1. The van der Waals surface area contributed by atoms with Crippen molar-refractivity contribution in [2.45, 2.75) is 33.4 Å². The van der Waals surface area contributed by atoms with E-state index in [9.17, 15) is 0 Å². The van der Waals surface area contributed by atoms with Gasteiger partial charge in [0.1, 0.15) is 0 Å². The van der Waals surface area contributed by atoms with E-state index in [-0.39, 0.29) is 0 Å². The topological polar surface area (TPSA) is 24.1 Å². The van der Waals surface area contributed by atoms with Crippen molar-refractivity contribution in [1.29, 1.82) is 0 Å². The van der Waals surface area contributed by atoms with Crippen molar-refractivity contribution in [3.05, 3.63) is 34.3 Å². The molecule has 0 saturated heterocycles. The fraction of sp³-hybridized carbons (Fsp3) is 0.538. The van der Waals surface area contributed by atoms with Crippen LogP contribution >= 0.6 is 11.6 Å². The second-order valence-electron chi connectivity index (χ2n) is 4.18. The van der Waals surface area contributed by atoms with Crippen molar-refractivity contribution >= 4 is 11.6 Å². The zero-order valence-corrected chi connectivity index (χ0v) is 11.1. The first-order chi connectivity index (χ1) is 7.63.